The Balaban J connectivity index is 1.77. The molecule has 104 valence electrons. The highest BCUT2D eigenvalue weighted by molar-refractivity contribution is 5.92. The number of amides is 1. The van der Waals surface area contributed by atoms with Crippen molar-refractivity contribution in [2.45, 2.75) is 18.8 Å². The highest BCUT2D eigenvalue weighted by Crippen LogP contribution is 2.25. The van der Waals surface area contributed by atoms with E-state index in [1.165, 1.54) is 12.5 Å². The third kappa shape index (κ3) is 2.47. The molecule has 3 rings (SSSR count). The summed E-state index contributed by atoms with van der Waals surface area (Å²) < 4.78 is 4.70. The van der Waals surface area contributed by atoms with Crippen molar-refractivity contribution in [1.82, 2.24) is 20.0 Å². The van der Waals surface area contributed by atoms with E-state index in [-0.39, 0.29) is 17.5 Å². The van der Waals surface area contributed by atoms with E-state index in [1.54, 1.807) is 17.0 Å². The van der Waals surface area contributed by atoms with Gasteiger partial charge in [-0.25, -0.2) is 9.78 Å². The predicted octanol–water partition coefficient (Wildman–Crippen LogP) is 0.778. The van der Waals surface area contributed by atoms with Crippen molar-refractivity contribution in [2.24, 2.45) is 0 Å². The molecule has 0 aromatic carbocycles. The van der Waals surface area contributed by atoms with Crippen LogP contribution < -0.4 is 5.69 Å². The Morgan fingerprint density at radius 1 is 1.45 bits per heavy atom. The van der Waals surface area contributed by atoms with Crippen LogP contribution in [-0.2, 0) is 0 Å². The first kappa shape index (κ1) is 12.6. The highest BCUT2D eigenvalue weighted by atomic mass is 16.5. The number of rotatable bonds is 2. The molecule has 1 amide bonds. The van der Waals surface area contributed by atoms with Gasteiger partial charge < -0.3 is 14.4 Å². The highest BCUT2D eigenvalue weighted by Gasteiger charge is 2.27. The number of aromatic amines is 1. The fraction of sp³-hybridized carbons (Fsp3) is 0.385. The van der Waals surface area contributed by atoms with Crippen LogP contribution >= 0.6 is 0 Å². The van der Waals surface area contributed by atoms with Crippen molar-refractivity contribution >= 4 is 5.91 Å². The van der Waals surface area contributed by atoms with E-state index in [0.717, 1.165) is 18.5 Å². The van der Waals surface area contributed by atoms with Crippen molar-refractivity contribution < 1.29 is 9.32 Å². The Kier molecular flexibility index (Phi) is 3.32. The molecule has 0 spiro atoms. The van der Waals surface area contributed by atoms with Gasteiger partial charge in [0.15, 0.2) is 5.69 Å². The Morgan fingerprint density at radius 2 is 2.35 bits per heavy atom. The van der Waals surface area contributed by atoms with E-state index in [0.29, 0.717) is 18.8 Å². The molecule has 20 heavy (non-hydrogen) atoms. The van der Waals surface area contributed by atoms with Crippen LogP contribution in [0.15, 0.2) is 33.9 Å². The van der Waals surface area contributed by atoms with Crippen LogP contribution in [0.25, 0.3) is 0 Å². The second kappa shape index (κ2) is 5.28. The molecule has 7 heteroatoms. The predicted molar refractivity (Wildman–Crippen MR) is 69.2 cm³/mol. The first-order chi connectivity index (χ1) is 9.74. The molecule has 1 fully saturated rings. The summed E-state index contributed by atoms with van der Waals surface area (Å²) >= 11 is 0. The van der Waals surface area contributed by atoms with E-state index in [9.17, 15) is 9.59 Å². The Hall–Kier alpha value is -2.44. The molecule has 1 aliphatic rings. The number of hydrogen-bond donors (Lipinski definition) is 1. The summed E-state index contributed by atoms with van der Waals surface area (Å²) in [5, 5.41) is 3.67. The molecule has 1 saturated heterocycles. The van der Waals surface area contributed by atoms with Gasteiger partial charge in [-0.1, -0.05) is 5.16 Å². The van der Waals surface area contributed by atoms with Gasteiger partial charge in [-0.2, -0.15) is 0 Å². The number of likely N-dealkylation sites (tertiary alicyclic amines) is 1. The van der Waals surface area contributed by atoms with Gasteiger partial charge in [0.1, 0.15) is 6.26 Å². The van der Waals surface area contributed by atoms with E-state index in [1.807, 2.05) is 0 Å². The minimum absolute atomic E-state index is 0.121. The van der Waals surface area contributed by atoms with Crippen LogP contribution in [0.3, 0.4) is 0 Å². The smallest absolute Gasteiger partial charge is 0.345 e. The molecule has 0 saturated carbocycles. The van der Waals surface area contributed by atoms with E-state index in [2.05, 4.69) is 15.1 Å². The molecule has 1 atom stereocenters. The lowest BCUT2D eigenvalue weighted by atomic mass is 9.94. The number of aromatic nitrogens is 3. The maximum atomic E-state index is 12.2. The van der Waals surface area contributed by atoms with Gasteiger partial charge in [0.2, 0.25) is 0 Å². The third-order valence-corrected chi connectivity index (χ3v) is 3.50. The standard InChI is InChI=1S/C13H14N4O3/c18-12(11-4-7-20-16-11)17-6-1-2-9(8-17)10-3-5-14-13(19)15-10/h3-5,7,9H,1-2,6,8H2,(H,14,15,19)/t9-/m1/s1. The zero-order chi connectivity index (χ0) is 13.9. The lowest BCUT2D eigenvalue weighted by Gasteiger charge is -2.32. The Morgan fingerprint density at radius 3 is 3.10 bits per heavy atom. The summed E-state index contributed by atoms with van der Waals surface area (Å²) in [6, 6.07) is 3.34. The van der Waals surface area contributed by atoms with Gasteiger partial charge in [-0.15, -0.1) is 0 Å². The summed E-state index contributed by atoms with van der Waals surface area (Å²) in [6.45, 7) is 1.25. The minimum Gasteiger partial charge on any atom is -0.364 e. The fourth-order valence-corrected chi connectivity index (χ4v) is 2.52. The molecular formula is C13H14N4O3. The number of nitrogens with one attached hydrogen (secondary N) is 1. The first-order valence-electron chi connectivity index (χ1n) is 6.49. The molecule has 2 aromatic rings. The zero-order valence-electron chi connectivity index (χ0n) is 10.8. The summed E-state index contributed by atoms with van der Waals surface area (Å²) in [4.78, 5) is 31.6. The van der Waals surface area contributed by atoms with Crippen LogP contribution in [-0.4, -0.2) is 39.0 Å². The Labute approximate surface area is 114 Å². The second-order valence-corrected chi connectivity index (χ2v) is 4.81. The molecule has 7 nitrogen and oxygen atoms in total. The van der Waals surface area contributed by atoms with Gasteiger partial charge in [0, 0.05) is 37.0 Å². The van der Waals surface area contributed by atoms with Crippen LogP contribution in [0.2, 0.25) is 0 Å². The van der Waals surface area contributed by atoms with Gasteiger partial charge in [0.25, 0.3) is 5.91 Å². The van der Waals surface area contributed by atoms with Crippen LogP contribution in [0.5, 0.6) is 0 Å². The lowest BCUT2D eigenvalue weighted by molar-refractivity contribution is 0.0695. The zero-order valence-corrected chi connectivity index (χ0v) is 10.8. The van der Waals surface area contributed by atoms with Crippen molar-refractivity contribution in [2.75, 3.05) is 13.1 Å². The number of carbonyl (C=O) groups is 1. The van der Waals surface area contributed by atoms with Crippen molar-refractivity contribution in [3.63, 3.8) is 0 Å². The Bertz CT molecular complexity index is 650. The van der Waals surface area contributed by atoms with Crippen LogP contribution in [0.4, 0.5) is 0 Å². The molecule has 1 aliphatic heterocycles. The third-order valence-electron chi connectivity index (χ3n) is 3.50. The first-order valence-corrected chi connectivity index (χ1v) is 6.49. The van der Waals surface area contributed by atoms with E-state index in [4.69, 9.17) is 4.52 Å². The van der Waals surface area contributed by atoms with Crippen LogP contribution in [0.1, 0.15) is 34.9 Å². The molecule has 3 heterocycles. The molecule has 0 radical (unpaired) electrons. The average molecular weight is 274 g/mol. The quantitative estimate of drug-likeness (QED) is 0.873. The van der Waals surface area contributed by atoms with E-state index >= 15 is 0 Å². The largest absolute Gasteiger partial charge is 0.364 e. The van der Waals surface area contributed by atoms with Gasteiger partial charge in [-0.3, -0.25) is 4.79 Å². The molecule has 1 N–H and O–H groups in total. The average Bonchev–Trinajstić information content (AvgIpc) is 3.01. The van der Waals surface area contributed by atoms with Gasteiger partial charge >= 0.3 is 5.69 Å². The molecular weight excluding hydrogens is 260 g/mol. The SMILES string of the molecule is O=C(c1ccon1)N1CCC[C@@H](c2ccnc(=O)[nH]2)C1. The second-order valence-electron chi connectivity index (χ2n) is 4.81. The maximum Gasteiger partial charge on any atom is 0.345 e. The molecule has 0 aliphatic carbocycles. The normalized spacial score (nSPS) is 19.0. The summed E-state index contributed by atoms with van der Waals surface area (Å²) in [5.74, 6) is -0.0184. The molecule has 0 unspecified atom stereocenters. The van der Waals surface area contributed by atoms with Crippen LogP contribution in [0, 0.1) is 0 Å². The number of carbonyl (C=O) groups excluding carboxylic acids is 1. The topological polar surface area (TPSA) is 92.1 Å². The van der Waals surface area contributed by atoms with Crippen molar-refractivity contribution in [1.29, 1.82) is 0 Å². The maximum absolute atomic E-state index is 12.2. The molecule has 0 bridgehead atoms. The van der Waals surface area contributed by atoms with E-state index < -0.39 is 0 Å². The number of nitrogens with zero attached hydrogens (tertiary/aromatic N) is 3. The van der Waals surface area contributed by atoms with Gasteiger partial charge in [-0.05, 0) is 18.9 Å². The summed E-state index contributed by atoms with van der Waals surface area (Å²) in [7, 11) is 0. The number of piperidine rings is 1. The summed E-state index contributed by atoms with van der Waals surface area (Å²) in [6.07, 6.45) is 4.70. The fourth-order valence-electron chi connectivity index (χ4n) is 2.52. The van der Waals surface area contributed by atoms with Crippen molar-refractivity contribution in [3.8, 4) is 0 Å². The van der Waals surface area contributed by atoms with Crippen molar-refractivity contribution in [3.05, 3.63) is 46.5 Å². The lowest BCUT2D eigenvalue weighted by Crippen LogP contribution is -2.39. The minimum atomic E-state index is -0.359. The molecule has 2 aromatic heterocycles. The monoisotopic (exact) mass is 274 g/mol. The van der Waals surface area contributed by atoms with Gasteiger partial charge in [0.05, 0.1) is 0 Å². The number of H-pyrrole nitrogens is 1. The number of hydrogen-bond acceptors (Lipinski definition) is 5. The summed E-state index contributed by atoms with van der Waals surface area (Å²) in [5.41, 5.74) is 0.777.